The minimum absolute atomic E-state index is 0.211. The van der Waals surface area contributed by atoms with Crippen LogP contribution in [0, 0.1) is 0 Å². The van der Waals surface area contributed by atoms with Gasteiger partial charge in [-0.2, -0.15) is 0 Å². The third-order valence-electron chi connectivity index (χ3n) is 5.88. The molecule has 4 rings (SSSR count). The van der Waals surface area contributed by atoms with Crippen molar-refractivity contribution in [2.75, 3.05) is 0 Å². The molecule has 0 spiro atoms. The van der Waals surface area contributed by atoms with Gasteiger partial charge in [-0.25, -0.2) is 0 Å². The second-order valence-electron chi connectivity index (χ2n) is 8.42. The first-order valence-electron chi connectivity index (χ1n) is 11.9. The average molecular weight is 458 g/mol. The fraction of sp³-hybridized carbons (Fsp3) is 0.276. The van der Waals surface area contributed by atoms with Gasteiger partial charge in [0.2, 0.25) is 5.75 Å². The number of pyridine rings is 1. The van der Waals surface area contributed by atoms with E-state index in [-0.39, 0.29) is 18.1 Å². The molecule has 0 fully saturated rings. The lowest BCUT2D eigenvalue weighted by Gasteiger charge is -2.17. The number of aryl methyl sites for hydroxylation is 1. The van der Waals surface area contributed by atoms with Crippen molar-refractivity contribution in [2.45, 2.75) is 52.4 Å². The maximum atomic E-state index is 13.2. The third kappa shape index (κ3) is 5.60. The molecule has 5 heteroatoms. The number of hydrogen-bond donors (Lipinski definition) is 1. The summed E-state index contributed by atoms with van der Waals surface area (Å²) in [6, 6.07) is 25.2. The third-order valence-corrected chi connectivity index (χ3v) is 5.88. The van der Waals surface area contributed by atoms with Crippen molar-refractivity contribution in [2.24, 2.45) is 0 Å². The van der Waals surface area contributed by atoms with Crippen LogP contribution in [0.3, 0.4) is 0 Å². The molecule has 0 amide bonds. The molecule has 1 aromatic heterocycles. The Morgan fingerprint density at radius 2 is 1.44 bits per heavy atom. The van der Waals surface area contributed by atoms with E-state index in [9.17, 15) is 9.90 Å². The number of hydrogen-bond acceptors (Lipinski definition) is 4. The molecule has 1 heterocycles. The zero-order valence-corrected chi connectivity index (χ0v) is 19.6. The van der Waals surface area contributed by atoms with Crippen LogP contribution in [0.4, 0.5) is 0 Å². The van der Waals surface area contributed by atoms with Crippen LogP contribution >= 0.6 is 0 Å². The van der Waals surface area contributed by atoms with Crippen LogP contribution in [-0.2, 0) is 19.8 Å². The number of aromatic hydroxyl groups is 1. The van der Waals surface area contributed by atoms with Crippen LogP contribution in [0.1, 0.15) is 43.7 Å². The van der Waals surface area contributed by atoms with Gasteiger partial charge in [-0.3, -0.25) is 4.79 Å². The summed E-state index contributed by atoms with van der Waals surface area (Å²) in [7, 11) is 0. The number of aromatic nitrogens is 1. The number of ether oxygens (including phenoxy) is 2. The minimum atomic E-state index is -0.438. The van der Waals surface area contributed by atoms with Crippen LogP contribution in [0.2, 0.25) is 0 Å². The van der Waals surface area contributed by atoms with Crippen LogP contribution in [0.5, 0.6) is 17.2 Å². The molecule has 0 radical (unpaired) electrons. The zero-order valence-electron chi connectivity index (χ0n) is 19.6. The minimum Gasteiger partial charge on any atom is -0.500 e. The SMILES string of the molecule is CCCCCCn1c(=O)c(O)c(OCc2ccccc2)c2ccc(OCc3ccccc3)cc21. The fourth-order valence-corrected chi connectivity index (χ4v) is 4.01. The van der Waals surface area contributed by atoms with Gasteiger partial charge in [0.1, 0.15) is 19.0 Å². The molecule has 0 aliphatic carbocycles. The smallest absolute Gasteiger partial charge is 0.297 e. The van der Waals surface area contributed by atoms with E-state index < -0.39 is 5.56 Å². The molecule has 0 aliphatic heterocycles. The highest BCUT2D eigenvalue weighted by molar-refractivity contribution is 5.89. The normalized spacial score (nSPS) is 11.0. The number of nitrogens with zero attached hydrogens (tertiary/aromatic N) is 1. The predicted octanol–water partition coefficient (Wildman–Crippen LogP) is 6.45. The van der Waals surface area contributed by atoms with Gasteiger partial charge in [0.25, 0.3) is 5.56 Å². The van der Waals surface area contributed by atoms with Crippen LogP contribution in [-0.4, -0.2) is 9.67 Å². The first-order valence-corrected chi connectivity index (χ1v) is 11.9. The molecule has 1 N–H and O–H groups in total. The lowest BCUT2D eigenvalue weighted by atomic mass is 10.1. The number of fused-ring (bicyclic) bond motifs is 1. The van der Waals surface area contributed by atoms with E-state index in [0.29, 0.717) is 29.8 Å². The summed E-state index contributed by atoms with van der Waals surface area (Å²) in [5, 5.41) is 11.5. The van der Waals surface area contributed by atoms with E-state index in [4.69, 9.17) is 9.47 Å². The molecule has 0 bridgehead atoms. The lowest BCUT2D eigenvalue weighted by molar-refractivity contribution is 0.289. The van der Waals surface area contributed by atoms with Gasteiger partial charge in [0.05, 0.1) is 5.52 Å². The quantitative estimate of drug-likeness (QED) is 0.263. The Bertz CT molecular complexity index is 1270. The molecule has 0 unspecified atom stereocenters. The van der Waals surface area contributed by atoms with Crippen LogP contribution in [0.25, 0.3) is 10.9 Å². The molecule has 0 saturated carbocycles. The van der Waals surface area contributed by atoms with Gasteiger partial charge in [-0.1, -0.05) is 86.8 Å². The molecule has 176 valence electrons. The Morgan fingerprint density at radius 3 is 2.09 bits per heavy atom. The first kappa shape index (κ1) is 23.4. The first-order chi connectivity index (χ1) is 16.7. The maximum Gasteiger partial charge on any atom is 0.297 e. The van der Waals surface area contributed by atoms with Gasteiger partial charge in [-0.15, -0.1) is 0 Å². The van der Waals surface area contributed by atoms with Crippen molar-refractivity contribution < 1.29 is 14.6 Å². The summed E-state index contributed by atoms with van der Waals surface area (Å²) >= 11 is 0. The Morgan fingerprint density at radius 1 is 0.794 bits per heavy atom. The standard InChI is InChI=1S/C29H31NO4/c1-2-3-4-11-18-30-26-19-24(33-20-22-12-7-5-8-13-22)16-17-25(26)28(27(31)29(30)32)34-21-23-14-9-6-10-15-23/h5-10,12-17,19,31H,2-4,11,18,20-21H2,1H3. The summed E-state index contributed by atoms with van der Waals surface area (Å²) in [5.41, 5.74) is 2.29. The fourth-order valence-electron chi connectivity index (χ4n) is 4.01. The van der Waals surface area contributed by atoms with Gasteiger partial charge < -0.3 is 19.1 Å². The summed E-state index contributed by atoms with van der Waals surface area (Å²) < 4.78 is 13.6. The maximum absolute atomic E-state index is 13.2. The van der Waals surface area contributed by atoms with Gasteiger partial charge in [0, 0.05) is 18.0 Å². The van der Waals surface area contributed by atoms with E-state index in [0.717, 1.165) is 36.8 Å². The Kier molecular flexibility index (Phi) is 7.87. The van der Waals surface area contributed by atoms with E-state index in [1.54, 1.807) is 4.57 Å². The van der Waals surface area contributed by atoms with E-state index >= 15 is 0 Å². The summed E-state index contributed by atoms with van der Waals surface area (Å²) in [6.07, 6.45) is 4.12. The van der Waals surface area contributed by atoms with E-state index in [1.807, 2.05) is 78.9 Å². The highest BCUT2D eigenvalue weighted by Gasteiger charge is 2.18. The second kappa shape index (κ2) is 11.4. The Labute approximate surface area is 200 Å². The van der Waals surface area contributed by atoms with Crippen molar-refractivity contribution >= 4 is 10.9 Å². The molecule has 4 aromatic rings. The molecular formula is C29H31NO4. The van der Waals surface area contributed by atoms with E-state index in [2.05, 4.69) is 6.92 Å². The van der Waals surface area contributed by atoms with Gasteiger partial charge in [0.15, 0.2) is 5.75 Å². The van der Waals surface area contributed by atoms with Gasteiger partial charge in [-0.05, 0) is 29.7 Å². The molecular weight excluding hydrogens is 426 g/mol. The molecule has 0 aliphatic rings. The molecule has 0 atom stereocenters. The highest BCUT2D eigenvalue weighted by Crippen LogP contribution is 2.35. The molecule has 34 heavy (non-hydrogen) atoms. The topological polar surface area (TPSA) is 60.7 Å². The number of rotatable bonds is 11. The average Bonchev–Trinajstić information content (AvgIpc) is 2.88. The summed E-state index contributed by atoms with van der Waals surface area (Å²) in [6.45, 7) is 3.38. The predicted molar refractivity (Wildman–Crippen MR) is 136 cm³/mol. The van der Waals surface area contributed by atoms with Crippen molar-refractivity contribution in [3.8, 4) is 17.2 Å². The molecule has 0 saturated heterocycles. The van der Waals surface area contributed by atoms with Crippen molar-refractivity contribution in [3.05, 3.63) is 100 Å². The highest BCUT2D eigenvalue weighted by atomic mass is 16.5. The summed E-state index contributed by atoms with van der Waals surface area (Å²) in [5.74, 6) is 0.526. The van der Waals surface area contributed by atoms with Crippen molar-refractivity contribution in [1.82, 2.24) is 4.57 Å². The molecule has 3 aromatic carbocycles. The largest absolute Gasteiger partial charge is 0.500 e. The lowest BCUT2D eigenvalue weighted by Crippen LogP contribution is -2.21. The van der Waals surface area contributed by atoms with E-state index in [1.165, 1.54) is 0 Å². The van der Waals surface area contributed by atoms with Crippen LogP contribution < -0.4 is 15.0 Å². The van der Waals surface area contributed by atoms with Crippen molar-refractivity contribution in [3.63, 3.8) is 0 Å². The molecule has 5 nitrogen and oxygen atoms in total. The second-order valence-corrected chi connectivity index (χ2v) is 8.42. The number of benzene rings is 3. The monoisotopic (exact) mass is 457 g/mol. The van der Waals surface area contributed by atoms with Crippen molar-refractivity contribution in [1.29, 1.82) is 0 Å². The zero-order chi connectivity index (χ0) is 23.8. The summed E-state index contributed by atoms with van der Waals surface area (Å²) in [4.78, 5) is 13.2. The van der Waals surface area contributed by atoms with Gasteiger partial charge >= 0.3 is 0 Å². The van der Waals surface area contributed by atoms with Crippen LogP contribution in [0.15, 0.2) is 83.7 Å². The Balaban J connectivity index is 1.68. The Hall–Kier alpha value is -3.73. The number of unbranched alkanes of at least 4 members (excludes halogenated alkanes) is 3.